The molecule has 26 heavy (non-hydrogen) atoms. The molecule has 0 unspecified atom stereocenters. The van der Waals surface area contributed by atoms with Crippen molar-refractivity contribution in [1.82, 2.24) is 24.8 Å². The van der Waals surface area contributed by atoms with Crippen LogP contribution in [0.5, 0.6) is 0 Å². The maximum atomic E-state index is 12.8. The number of imidazole rings is 1. The van der Waals surface area contributed by atoms with E-state index >= 15 is 0 Å². The first-order valence-corrected chi connectivity index (χ1v) is 9.53. The van der Waals surface area contributed by atoms with Crippen molar-refractivity contribution in [2.75, 3.05) is 13.1 Å². The second-order valence-electron chi connectivity index (χ2n) is 7.61. The highest BCUT2D eigenvalue weighted by Crippen LogP contribution is 2.23. The number of carbonyl (C=O) groups excluding carboxylic acids is 1. The average Bonchev–Trinajstić information content (AvgIpc) is 3.15. The topological polar surface area (TPSA) is 63.1 Å². The molecule has 3 rings (SSSR count). The molecule has 1 fully saturated rings. The number of aromatic nitrogens is 3. The van der Waals surface area contributed by atoms with Gasteiger partial charge in [0.1, 0.15) is 0 Å². The zero-order valence-electron chi connectivity index (χ0n) is 15.7. The number of hydrogen-bond donors (Lipinski definition) is 1. The average molecular weight is 355 g/mol. The summed E-state index contributed by atoms with van der Waals surface area (Å²) in [6, 6.07) is 4.02. The van der Waals surface area contributed by atoms with Crippen LogP contribution in [-0.2, 0) is 6.54 Å². The first-order valence-electron chi connectivity index (χ1n) is 9.53. The van der Waals surface area contributed by atoms with E-state index in [-0.39, 0.29) is 12.1 Å². The molecule has 0 radical (unpaired) electrons. The number of likely N-dealkylation sites (tertiary alicyclic amines) is 1. The van der Waals surface area contributed by atoms with Gasteiger partial charge in [-0.05, 0) is 42.7 Å². The van der Waals surface area contributed by atoms with Crippen LogP contribution in [0.25, 0.3) is 0 Å². The Hall–Kier alpha value is -2.37. The van der Waals surface area contributed by atoms with Crippen LogP contribution < -0.4 is 5.32 Å². The molecule has 6 heteroatoms. The molecule has 6 nitrogen and oxygen atoms in total. The van der Waals surface area contributed by atoms with Gasteiger partial charge in [-0.2, -0.15) is 0 Å². The zero-order valence-corrected chi connectivity index (χ0v) is 15.7. The van der Waals surface area contributed by atoms with Crippen molar-refractivity contribution in [1.29, 1.82) is 0 Å². The number of nitrogens with one attached hydrogen (secondary N) is 1. The van der Waals surface area contributed by atoms with Crippen LogP contribution in [0.1, 0.15) is 44.7 Å². The van der Waals surface area contributed by atoms with Crippen LogP contribution in [0.15, 0.2) is 43.2 Å². The Kier molecular flexibility index (Phi) is 6.26. The van der Waals surface area contributed by atoms with Gasteiger partial charge in [0.15, 0.2) is 0 Å². The van der Waals surface area contributed by atoms with Gasteiger partial charge in [0.2, 0.25) is 0 Å². The van der Waals surface area contributed by atoms with E-state index in [1.807, 2.05) is 42.0 Å². The summed E-state index contributed by atoms with van der Waals surface area (Å²) in [5.41, 5.74) is 1.07. The summed E-state index contributed by atoms with van der Waals surface area (Å²) in [6.45, 7) is 6.97. The predicted molar refractivity (Wildman–Crippen MR) is 101 cm³/mol. The molecule has 3 heterocycles. The molecule has 1 atom stereocenters. The van der Waals surface area contributed by atoms with E-state index in [1.54, 1.807) is 6.20 Å². The van der Waals surface area contributed by atoms with E-state index in [4.69, 9.17) is 0 Å². The first-order chi connectivity index (χ1) is 12.6. The maximum Gasteiger partial charge on any atom is 0.317 e. The minimum absolute atomic E-state index is 0.0138. The Bertz CT molecular complexity index is 663. The third-order valence-electron chi connectivity index (χ3n) is 5.02. The highest BCUT2D eigenvalue weighted by Gasteiger charge is 2.25. The summed E-state index contributed by atoms with van der Waals surface area (Å²) in [5, 5.41) is 3.23. The van der Waals surface area contributed by atoms with Gasteiger partial charge in [-0.25, -0.2) is 9.78 Å². The lowest BCUT2D eigenvalue weighted by atomic mass is 9.96. The first kappa shape index (κ1) is 18.4. The molecular weight excluding hydrogens is 326 g/mol. The van der Waals surface area contributed by atoms with Crippen molar-refractivity contribution < 1.29 is 4.79 Å². The molecule has 140 valence electrons. The molecule has 0 saturated carbocycles. The van der Waals surface area contributed by atoms with Crippen LogP contribution in [0.2, 0.25) is 0 Å². The van der Waals surface area contributed by atoms with Crippen molar-refractivity contribution in [3.05, 3.63) is 48.8 Å². The number of piperidine rings is 1. The second-order valence-corrected chi connectivity index (χ2v) is 7.61. The number of rotatable bonds is 6. The summed E-state index contributed by atoms with van der Waals surface area (Å²) in [6.07, 6.45) is 12.3. The lowest BCUT2D eigenvalue weighted by Gasteiger charge is -2.33. The van der Waals surface area contributed by atoms with E-state index in [1.165, 1.54) is 0 Å². The molecular formula is C20H29N5O. The van der Waals surface area contributed by atoms with E-state index in [2.05, 4.69) is 33.7 Å². The summed E-state index contributed by atoms with van der Waals surface area (Å²) in [5.74, 6) is 1.11. The second kappa shape index (κ2) is 8.83. The largest absolute Gasteiger partial charge is 0.337 e. The van der Waals surface area contributed by atoms with Gasteiger partial charge in [-0.15, -0.1) is 0 Å². The minimum Gasteiger partial charge on any atom is -0.337 e. The number of amides is 2. The van der Waals surface area contributed by atoms with Crippen molar-refractivity contribution >= 4 is 6.03 Å². The van der Waals surface area contributed by atoms with Gasteiger partial charge in [0.25, 0.3) is 0 Å². The van der Waals surface area contributed by atoms with Crippen LogP contribution in [0.4, 0.5) is 4.79 Å². The Labute approximate surface area is 155 Å². The van der Waals surface area contributed by atoms with Crippen molar-refractivity contribution in [3.63, 3.8) is 0 Å². The van der Waals surface area contributed by atoms with E-state index in [0.717, 1.165) is 44.5 Å². The SMILES string of the molecule is CC(C)C[C@H](NC(=O)N1CCC(Cn2ccnc2)CC1)c1cccnc1. The molecule has 1 N–H and O–H groups in total. The number of carbonyl (C=O) groups is 1. The maximum absolute atomic E-state index is 12.8. The van der Waals surface area contributed by atoms with Crippen LogP contribution in [0, 0.1) is 11.8 Å². The van der Waals surface area contributed by atoms with Gasteiger partial charge in [-0.1, -0.05) is 19.9 Å². The van der Waals surface area contributed by atoms with E-state index < -0.39 is 0 Å². The summed E-state index contributed by atoms with van der Waals surface area (Å²) < 4.78 is 2.13. The smallest absolute Gasteiger partial charge is 0.317 e. The normalized spacial score (nSPS) is 16.7. The molecule has 2 aromatic heterocycles. The van der Waals surface area contributed by atoms with Crippen LogP contribution >= 0.6 is 0 Å². The fourth-order valence-electron chi connectivity index (χ4n) is 3.58. The fraction of sp³-hybridized carbons (Fsp3) is 0.550. The molecule has 0 aromatic carbocycles. The summed E-state index contributed by atoms with van der Waals surface area (Å²) >= 11 is 0. The lowest BCUT2D eigenvalue weighted by Crippen LogP contribution is -2.46. The highest BCUT2D eigenvalue weighted by atomic mass is 16.2. The number of urea groups is 1. The van der Waals surface area contributed by atoms with Gasteiger partial charge in [-0.3, -0.25) is 4.98 Å². The molecule has 0 spiro atoms. The van der Waals surface area contributed by atoms with Gasteiger partial charge >= 0.3 is 6.03 Å². The van der Waals surface area contributed by atoms with Gasteiger partial charge in [0, 0.05) is 44.4 Å². The monoisotopic (exact) mass is 355 g/mol. The standard InChI is InChI=1S/C20H29N5O/c1-16(2)12-19(18-4-3-7-21-13-18)23-20(26)25-9-5-17(6-10-25)14-24-11-8-22-15-24/h3-4,7-8,11,13,15-17,19H,5-6,9-10,12,14H2,1-2H3,(H,23,26)/t19-/m0/s1. The summed E-state index contributed by atoms with van der Waals surface area (Å²) in [4.78, 5) is 23.0. The molecule has 2 amide bonds. The molecule has 1 saturated heterocycles. The Balaban J connectivity index is 1.53. The Morgan fingerprint density at radius 2 is 2.08 bits per heavy atom. The van der Waals surface area contributed by atoms with Crippen LogP contribution in [0.3, 0.4) is 0 Å². The fourth-order valence-corrected chi connectivity index (χ4v) is 3.58. The molecule has 1 aliphatic heterocycles. The quantitative estimate of drug-likeness (QED) is 0.863. The third-order valence-corrected chi connectivity index (χ3v) is 5.02. The number of nitrogens with zero attached hydrogens (tertiary/aromatic N) is 4. The highest BCUT2D eigenvalue weighted by molar-refractivity contribution is 5.74. The van der Waals surface area contributed by atoms with E-state index in [9.17, 15) is 4.79 Å². The van der Waals surface area contributed by atoms with Crippen LogP contribution in [-0.4, -0.2) is 38.6 Å². The van der Waals surface area contributed by atoms with Gasteiger partial charge < -0.3 is 14.8 Å². The summed E-state index contributed by atoms with van der Waals surface area (Å²) in [7, 11) is 0. The minimum atomic E-state index is 0.0138. The third kappa shape index (κ3) is 5.07. The van der Waals surface area contributed by atoms with Crippen molar-refractivity contribution in [2.45, 2.75) is 45.7 Å². The number of hydrogen-bond acceptors (Lipinski definition) is 3. The molecule has 2 aromatic rings. The Morgan fingerprint density at radius 1 is 1.27 bits per heavy atom. The molecule has 0 aliphatic carbocycles. The zero-order chi connectivity index (χ0) is 18.4. The van der Waals surface area contributed by atoms with E-state index in [0.29, 0.717) is 11.8 Å². The van der Waals surface area contributed by atoms with Crippen molar-refractivity contribution in [2.24, 2.45) is 11.8 Å². The molecule has 1 aliphatic rings. The molecule has 0 bridgehead atoms. The number of pyridine rings is 1. The Morgan fingerprint density at radius 3 is 2.69 bits per heavy atom. The van der Waals surface area contributed by atoms with Gasteiger partial charge in [0.05, 0.1) is 12.4 Å². The predicted octanol–water partition coefficient (Wildman–Crippen LogP) is 3.49. The lowest BCUT2D eigenvalue weighted by molar-refractivity contribution is 0.161. The van der Waals surface area contributed by atoms with Crippen molar-refractivity contribution in [3.8, 4) is 0 Å².